The first-order chi connectivity index (χ1) is 5.68. The molecule has 0 saturated carbocycles. The minimum Gasteiger partial charge on any atom is -0.368 e. The Morgan fingerprint density at radius 1 is 1.42 bits per heavy atom. The minimum atomic E-state index is -0.722. The molecule has 0 amide bonds. The molecule has 0 heterocycles. The number of aliphatic hydroxyl groups excluding tert-OH is 1. The van der Waals surface area contributed by atoms with Crippen LogP contribution in [0.1, 0.15) is 12.5 Å². The molecule has 0 aliphatic heterocycles. The molecule has 12 heavy (non-hydrogen) atoms. The topological polar surface area (TPSA) is 29.5 Å². The largest absolute Gasteiger partial charge is 0.368 e. The summed E-state index contributed by atoms with van der Waals surface area (Å²) in [5.74, 6) is 0. The second-order valence-corrected chi connectivity index (χ2v) is 2.97. The van der Waals surface area contributed by atoms with E-state index < -0.39 is 6.29 Å². The van der Waals surface area contributed by atoms with E-state index in [1.165, 1.54) is 0 Å². The van der Waals surface area contributed by atoms with Gasteiger partial charge in [0.1, 0.15) is 0 Å². The van der Waals surface area contributed by atoms with Gasteiger partial charge in [0, 0.05) is 5.02 Å². The first kappa shape index (κ1) is 9.52. The summed E-state index contributed by atoms with van der Waals surface area (Å²) in [6.45, 7) is 1.99. The Kier molecular flexibility index (Phi) is 3.53. The van der Waals surface area contributed by atoms with Gasteiger partial charge in [0.25, 0.3) is 0 Å². The van der Waals surface area contributed by atoms with Crippen molar-refractivity contribution in [2.24, 2.45) is 0 Å². The van der Waals surface area contributed by atoms with Crippen molar-refractivity contribution in [3.8, 4) is 0 Å². The van der Waals surface area contributed by atoms with E-state index in [2.05, 4.69) is 0 Å². The summed E-state index contributed by atoms with van der Waals surface area (Å²) in [6.07, 6.45) is -0.722. The maximum absolute atomic E-state index is 8.82. The normalized spacial score (nSPS) is 12.9. The van der Waals surface area contributed by atoms with Crippen LogP contribution < -0.4 is 0 Å². The lowest BCUT2D eigenvalue weighted by atomic mass is 10.2. The van der Waals surface area contributed by atoms with Crippen molar-refractivity contribution in [2.45, 2.75) is 19.8 Å². The van der Waals surface area contributed by atoms with Gasteiger partial charge in [0.2, 0.25) is 0 Å². The molecule has 66 valence electrons. The summed E-state index contributed by atoms with van der Waals surface area (Å²) in [4.78, 5) is 0. The number of benzene rings is 1. The molecule has 0 aliphatic rings. The van der Waals surface area contributed by atoms with Gasteiger partial charge in [-0.05, 0) is 24.6 Å². The predicted molar refractivity (Wildman–Crippen MR) is 47.9 cm³/mol. The van der Waals surface area contributed by atoms with Crippen molar-refractivity contribution < 1.29 is 9.84 Å². The first-order valence-corrected chi connectivity index (χ1v) is 4.10. The molecule has 1 aromatic carbocycles. The van der Waals surface area contributed by atoms with Crippen molar-refractivity contribution in [1.82, 2.24) is 0 Å². The Bertz CT molecular complexity index is 231. The highest BCUT2D eigenvalue weighted by molar-refractivity contribution is 6.30. The number of hydrogen-bond donors (Lipinski definition) is 1. The molecule has 1 atom stereocenters. The molecule has 0 radical (unpaired) electrons. The van der Waals surface area contributed by atoms with Crippen LogP contribution in [0.15, 0.2) is 24.3 Å². The molecule has 0 fully saturated rings. The zero-order valence-electron chi connectivity index (χ0n) is 6.83. The molecular weight excluding hydrogens is 176 g/mol. The van der Waals surface area contributed by atoms with Gasteiger partial charge in [0.15, 0.2) is 6.29 Å². The van der Waals surface area contributed by atoms with E-state index in [4.69, 9.17) is 21.4 Å². The van der Waals surface area contributed by atoms with Gasteiger partial charge >= 0.3 is 0 Å². The van der Waals surface area contributed by atoms with Crippen molar-refractivity contribution >= 4 is 11.6 Å². The predicted octanol–water partition coefficient (Wildman–Crippen LogP) is 2.19. The lowest BCUT2D eigenvalue weighted by molar-refractivity contribution is -0.0939. The van der Waals surface area contributed by atoms with Crippen LogP contribution in [0.5, 0.6) is 0 Å². The van der Waals surface area contributed by atoms with Crippen LogP contribution in [0.3, 0.4) is 0 Å². The van der Waals surface area contributed by atoms with Crippen LogP contribution in [0.25, 0.3) is 0 Å². The van der Waals surface area contributed by atoms with Crippen LogP contribution in [0.4, 0.5) is 0 Å². The molecule has 0 spiro atoms. The van der Waals surface area contributed by atoms with Crippen LogP contribution >= 0.6 is 11.6 Å². The number of halogens is 1. The maximum Gasteiger partial charge on any atom is 0.152 e. The standard InChI is InChI=1S/C9H11ClO2/c1-7(11)12-6-8-2-4-9(10)5-3-8/h2-5,7,11H,6H2,1H3. The SMILES string of the molecule is CC(O)OCc1ccc(Cl)cc1. The van der Waals surface area contributed by atoms with Gasteiger partial charge in [0.05, 0.1) is 6.61 Å². The van der Waals surface area contributed by atoms with Crippen molar-refractivity contribution in [3.05, 3.63) is 34.9 Å². The molecule has 1 rings (SSSR count). The second-order valence-electron chi connectivity index (χ2n) is 2.54. The summed E-state index contributed by atoms with van der Waals surface area (Å²) in [7, 11) is 0. The van der Waals surface area contributed by atoms with E-state index in [0.29, 0.717) is 11.6 Å². The average Bonchev–Trinajstić information content (AvgIpc) is 2.03. The summed E-state index contributed by atoms with van der Waals surface area (Å²) >= 11 is 5.68. The maximum atomic E-state index is 8.82. The Labute approximate surface area is 76.7 Å². The zero-order valence-corrected chi connectivity index (χ0v) is 7.58. The zero-order chi connectivity index (χ0) is 8.97. The summed E-state index contributed by atoms with van der Waals surface area (Å²) in [5, 5.41) is 9.52. The molecular formula is C9H11ClO2. The van der Waals surface area contributed by atoms with Gasteiger partial charge < -0.3 is 9.84 Å². The average molecular weight is 187 g/mol. The quantitative estimate of drug-likeness (QED) is 0.734. The second kappa shape index (κ2) is 4.45. The first-order valence-electron chi connectivity index (χ1n) is 3.72. The monoisotopic (exact) mass is 186 g/mol. The highest BCUT2D eigenvalue weighted by Gasteiger charge is 1.96. The lowest BCUT2D eigenvalue weighted by Gasteiger charge is -2.05. The minimum absolute atomic E-state index is 0.412. The fraction of sp³-hybridized carbons (Fsp3) is 0.333. The summed E-state index contributed by atoms with van der Waals surface area (Å²) in [5.41, 5.74) is 1.00. The van der Waals surface area contributed by atoms with Gasteiger partial charge in [-0.2, -0.15) is 0 Å². The molecule has 1 unspecified atom stereocenters. The molecule has 0 saturated heterocycles. The Hall–Kier alpha value is -0.570. The third kappa shape index (κ3) is 3.22. The van der Waals surface area contributed by atoms with Crippen LogP contribution in [-0.2, 0) is 11.3 Å². The van der Waals surface area contributed by atoms with E-state index in [-0.39, 0.29) is 0 Å². The Morgan fingerprint density at radius 2 is 2.00 bits per heavy atom. The van der Waals surface area contributed by atoms with Crippen molar-refractivity contribution in [2.75, 3.05) is 0 Å². The van der Waals surface area contributed by atoms with Crippen LogP contribution in [0.2, 0.25) is 5.02 Å². The van der Waals surface area contributed by atoms with Gasteiger partial charge in [-0.25, -0.2) is 0 Å². The van der Waals surface area contributed by atoms with E-state index in [1.807, 2.05) is 12.1 Å². The number of hydrogen-bond acceptors (Lipinski definition) is 2. The highest BCUT2D eigenvalue weighted by Crippen LogP contribution is 2.10. The Morgan fingerprint density at radius 3 is 2.50 bits per heavy atom. The molecule has 1 N–H and O–H groups in total. The molecule has 0 aromatic heterocycles. The summed E-state index contributed by atoms with van der Waals surface area (Å²) in [6, 6.07) is 7.32. The van der Waals surface area contributed by atoms with Crippen molar-refractivity contribution in [3.63, 3.8) is 0 Å². The number of ether oxygens (including phenoxy) is 1. The molecule has 1 aromatic rings. The smallest absolute Gasteiger partial charge is 0.152 e. The van der Waals surface area contributed by atoms with Gasteiger partial charge in [-0.1, -0.05) is 23.7 Å². The summed E-state index contributed by atoms with van der Waals surface area (Å²) < 4.78 is 4.98. The third-order valence-corrected chi connectivity index (χ3v) is 1.66. The lowest BCUT2D eigenvalue weighted by Crippen LogP contribution is -2.05. The van der Waals surface area contributed by atoms with E-state index >= 15 is 0 Å². The molecule has 0 aliphatic carbocycles. The molecule has 2 nitrogen and oxygen atoms in total. The number of rotatable bonds is 3. The number of aliphatic hydroxyl groups is 1. The molecule has 3 heteroatoms. The highest BCUT2D eigenvalue weighted by atomic mass is 35.5. The molecule has 0 bridgehead atoms. The van der Waals surface area contributed by atoms with E-state index in [0.717, 1.165) is 5.56 Å². The Balaban J connectivity index is 2.48. The van der Waals surface area contributed by atoms with Crippen LogP contribution in [0, 0.1) is 0 Å². The fourth-order valence-corrected chi connectivity index (χ4v) is 0.923. The van der Waals surface area contributed by atoms with Crippen molar-refractivity contribution in [1.29, 1.82) is 0 Å². The van der Waals surface area contributed by atoms with Crippen LogP contribution in [-0.4, -0.2) is 11.4 Å². The van der Waals surface area contributed by atoms with E-state index in [9.17, 15) is 0 Å². The van der Waals surface area contributed by atoms with E-state index in [1.54, 1.807) is 19.1 Å². The van der Waals surface area contributed by atoms with Gasteiger partial charge in [-0.3, -0.25) is 0 Å². The van der Waals surface area contributed by atoms with Gasteiger partial charge in [-0.15, -0.1) is 0 Å². The fourth-order valence-electron chi connectivity index (χ4n) is 0.797. The third-order valence-electron chi connectivity index (χ3n) is 1.40.